The van der Waals surface area contributed by atoms with Gasteiger partial charge >= 0.3 is 5.97 Å². The molecule has 0 aromatic rings. The molecule has 0 aromatic carbocycles. The number of primary amides is 1. The maximum absolute atomic E-state index is 11.8. The lowest BCUT2D eigenvalue weighted by molar-refractivity contribution is -0.159. The Morgan fingerprint density at radius 2 is 1.84 bits per heavy atom. The topological polar surface area (TPSA) is 69.4 Å². The predicted octanol–water partition coefficient (Wildman–Crippen LogP) is 2.65. The van der Waals surface area contributed by atoms with Gasteiger partial charge in [0.05, 0.1) is 5.92 Å². The molecule has 19 heavy (non-hydrogen) atoms. The van der Waals surface area contributed by atoms with E-state index in [0.29, 0.717) is 18.8 Å². The van der Waals surface area contributed by atoms with Crippen LogP contribution in [0, 0.1) is 17.8 Å². The van der Waals surface area contributed by atoms with Crippen LogP contribution in [0.15, 0.2) is 0 Å². The van der Waals surface area contributed by atoms with Crippen molar-refractivity contribution in [1.29, 1.82) is 0 Å². The van der Waals surface area contributed by atoms with Gasteiger partial charge in [-0.1, -0.05) is 19.8 Å². The smallest absolute Gasteiger partial charge is 0.309 e. The highest BCUT2D eigenvalue weighted by atomic mass is 16.6. The fraction of sp³-hybridized carbons (Fsp3) is 0.867. The molecule has 4 nitrogen and oxygen atoms in total. The van der Waals surface area contributed by atoms with Gasteiger partial charge in [0.1, 0.15) is 5.60 Å². The van der Waals surface area contributed by atoms with Crippen LogP contribution in [-0.4, -0.2) is 17.5 Å². The van der Waals surface area contributed by atoms with E-state index >= 15 is 0 Å². The summed E-state index contributed by atoms with van der Waals surface area (Å²) in [5.74, 6) is -0.0163. The molecule has 2 N–H and O–H groups in total. The van der Waals surface area contributed by atoms with Gasteiger partial charge in [0, 0.05) is 5.92 Å². The van der Waals surface area contributed by atoms with Gasteiger partial charge in [-0.25, -0.2) is 0 Å². The summed E-state index contributed by atoms with van der Waals surface area (Å²) in [4.78, 5) is 23.2. The fourth-order valence-electron chi connectivity index (χ4n) is 2.10. The zero-order chi connectivity index (χ0) is 14.6. The zero-order valence-corrected chi connectivity index (χ0v) is 12.6. The minimum atomic E-state index is -0.456. The quantitative estimate of drug-likeness (QED) is 0.722. The number of esters is 1. The highest BCUT2D eigenvalue weighted by Crippen LogP contribution is 2.36. The van der Waals surface area contributed by atoms with Crippen molar-refractivity contribution in [2.45, 2.75) is 65.4 Å². The Balaban J connectivity index is 2.35. The van der Waals surface area contributed by atoms with Crippen LogP contribution in [0.25, 0.3) is 0 Å². The van der Waals surface area contributed by atoms with Gasteiger partial charge < -0.3 is 10.5 Å². The highest BCUT2D eigenvalue weighted by Gasteiger charge is 2.29. The molecule has 1 amide bonds. The average Bonchev–Trinajstić information content (AvgIpc) is 3.04. The molecular weight excluding hydrogens is 242 g/mol. The van der Waals surface area contributed by atoms with E-state index in [1.54, 1.807) is 0 Å². The van der Waals surface area contributed by atoms with Crippen LogP contribution in [0.4, 0.5) is 0 Å². The Bertz CT molecular complexity index is 329. The largest absolute Gasteiger partial charge is 0.460 e. The summed E-state index contributed by atoms with van der Waals surface area (Å²) in [6.45, 7) is 7.42. The van der Waals surface area contributed by atoms with Crippen molar-refractivity contribution < 1.29 is 14.3 Å². The van der Waals surface area contributed by atoms with E-state index < -0.39 is 5.60 Å². The molecule has 0 heterocycles. The molecule has 0 bridgehead atoms. The van der Waals surface area contributed by atoms with Gasteiger partial charge in [0.15, 0.2) is 0 Å². The number of amides is 1. The van der Waals surface area contributed by atoms with Crippen LogP contribution in [0.3, 0.4) is 0 Å². The molecular formula is C15H27NO3. The molecule has 1 unspecified atom stereocenters. The number of rotatable bonds is 7. The summed E-state index contributed by atoms with van der Waals surface area (Å²) in [6.07, 6.45) is 4.66. The maximum Gasteiger partial charge on any atom is 0.309 e. The van der Waals surface area contributed by atoms with E-state index in [9.17, 15) is 9.59 Å². The van der Waals surface area contributed by atoms with Crippen molar-refractivity contribution in [3.63, 3.8) is 0 Å². The maximum atomic E-state index is 11.8. The van der Waals surface area contributed by atoms with Crippen molar-refractivity contribution in [3.8, 4) is 0 Å². The molecule has 0 saturated heterocycles. The van der Waals surface area contributed by atoms with Crippen molar-refractivity contribution >= 4 is 11.9 Å². The molecule has 2 atom stereocenters. The molecule has 1 aliphatic rings. The van der Waals surface area contributed by atoms with Crippen molar-refractivity contribution in [3.05, 3.63) is 0 Å². The second kappa shape index (κ2) is 6.40. The minimum absolute atomic E-state index is 0.0858. The van der Waals surface area contributed by atoms with Crippen molar-refractivity contribution in [2.75, 3.05) is 0 Å². The van der Waals surface area contributed by atoms with Gasteiger partial charge in [0.25, 0.3) is 0 Å². The molecule has 1 saturated carbocycles. The van der Waals surface area contributed by atoms with Gasteiger partial charge in [0.2, 0.25) is 5.91 Å². The second-order valence-corrected chi connectivity index (χ2v) is 6.79. The third kappa shape index (κ3) is 6.60. The Morgan fingerprint density at radius 1 is 1.26 bits per heavy atom. The molecule has 0 aromatic heterocycles. The van der Waals surface area contributed by atoms with Crippen LogP contribution in [0.5, 0.6) is 0 Å². The number of carbonyl (C=O) groups is 2. The van der Waals surface area contributed by atoms with Crippen molar-refractivity contribution in [2.24, 2.45) is 23.5 Å². The van der Waals surface area contributed by atoms with Crippen LogP contribution in [-0.2, 0) is 14.3 Å². The first-order chi connectivity index (χ1) is 8.69. The van der Waals surface area contributed by atoms with Gasteiger partial charge in [-0.15, -0.1) is 0 Å². The summed E-state index contributed by atoms with van der Waals surface area (Å²) in [5.41, 5.74) is 4.97. The normalized spacial score (nSPS) is 18.7. The third-order valence-electron chi connectivity index (χ3n) is 3.47. The molecule has 0 aliphatic heterocycles. The fourth-order valence-corrected chi connectivity index (χ4v) is 2.10. The lowest BCUT2D eigenvalue weighted by Crippen LogP contribution is -2.29. The predicted molar refractivity (Wildman–Crippen MR) is 74.3 cm³/mol. The minimum Gasteiger partial charge on any atom is -0.460 e. The molecule has 4 heteroatoms. The summed E-state index contributed by atoms with van der Waals surface area (Å²) in [5, 5.41) is 0. The van der Waals surface area contributed by atoms with Crippen LogP contribution in [0.1, 0.15) is 59.8 Å². The number of hydrogen-bond acceptors (Lipinski definition) is 3. The van der Waals surface area contributed by atoms with E-state index in [1.807, 2.05) is 27.7 Å². The SMILES string of the molecule is CC(CC[C@@H](CC1CC1)C(N)=O)C(=O)OC(C)(C)C. The van der Waals surface area contributed by atoms with E-state index in [2.05, 4.69) is 0 Å². The molecule has 1 fully saturated rings. The van der Waals surface area contributed by atoms with Gasteiger partial charge in [-0.05, 0) is 46.0 Å². The summed E-state index contributed by atoms with van der Waals surface area (Å²) in [6, 6.07) is 0. The number of hydrogen-bond donors (Lipinski definition) is 1. The monoisotopic (exact) mass is 269 g/mol. The molecule has 110 valence electrons. The average molecular weight is 269 g/mol. The lowest BCUT2D eigenvalue weighted by Gasteiger charge is -2.23. The standard InChI is InChI=1S/C15H27NO3/c1-10(14(18)19-15(2,3)4)5-8-12(13(16)17)9-11-6-7-11/h10-12H,5-9H2,1-4H3,(H2,16,17)/t10?,12-/m0/s1. The van der Waals surface area contributed by atoms with Gasteiger partial charge in [-0.2, -0.15) is 0 Å². The summed E-state index contributed by atoms with van der Waals surface area (Å²) in [7, 11) is 0. The van der Waals surface area contributed by atoms with Crippen LogP contribution < -0.4 is 5.73 Å². The third-order valence-corrected chi connectivity index (χ3v) is 3.47. The first-order valence-corrected chi connectivity index (χ1v) is 7.21. The summed E-state index contributed by atoms with van der Waals surface area (Å²) >= 11 is 0. The highest BCUT2D eigenvalue weighted by molar-refractivity contribution is 5.77. The first-order valence-electron chi connectivity index (χ1n) is 7.21. The lowest BCUT2D eigenvalue weighted by atomic mass is 9.92. The molecule has 0 radical (unpaired) electrons. The number of ether oxygens (including phenoxy) is 1. The molecule has 1 aliphatic carbocycles. The first kappa shape index (κ1) is 16.0. The Hall–Kier alpha value is -1.06. The molecule has 0 spiro atoms. The number of nitrogens with two attached hydrogens (primary N) is 1. The van der Waals surface area contributed by atoms with Crippen LogP contribution >= 0.6 is 0 Å². The molecule has 1 rings (SSSR count). The van der Waals surface area contributed by atoms with E-state index in [4.69, 9.17) is 10.5 Å². The Kier molecular flexibility index (Phi) is 5.39. The number of carbonyl (C=O) groups excluding carboxylic acids is 2. The Labute approximate surface area is 116 Å². The zero-order valence-electron chi connectivity index (χ0n) is 12.6. The second-order valence-electron chi connectivity index (χ2n) is 6.79. The van der Waals surface area contributed by atoms with E-state index in [1.165, 1.54) is 12.8 Å². The van der Waals surface area contributed by atoms with Crippen molar-refractivity contribution in [1.82, 2.24) is 0 Å². The Morgan fingerprint density at radius 3 is 2.26 bits per heavy atom. The summed E-state index contributed by atoms with van der Waals surface area (Å²) < 4.78 is 5.33. The van der Waals surface area contributed by atoms with Gasteiger partial charge in [-0.3, -0.25) is 9.59 Å². The van der Waals surface area contributed by atoms with Crippen LogP contribution in [0.2, 0.25) is 0 Å². The van der Waals surface area contributed by atoms with E-state index in [0.717, 1.165) is 6.42 Å². The van der Waals surface area contributed by atoms with E-state index in [-0.39, 0.29) is 23.7 Å².